The molecule has 6 heteroatoms. The number of hydrogen-bond donors (Lipinski definition) is 1. The van der Waals surface area contributed by atoms with E-state index in [-0.39, 0.29) is 31.3 Å². The van der Waals surface area contributed by atoms with E-state index in [1.165, 1.54) is 38.5 Å². The monoisotopic (exact) mass is 440 g/mol. The van der Waals surface area contributed by atoms with Crippen molar-refractivity contribution in [3.8, 4) is 0 Å². The van der Waals surface area contributed by atoms with Crippen molar-refractivity contribution in [2.45, 2.75) is 84.0 Å². The predicted molar refractivity (Wildman–Crippen MR) is 121 cm³/mol. The summed E-state index contributed by atoms with van der Waals surface area (Å²) in [5.41, 5.74) is 0. The number of unbranched alkanes of at least 4 members (excludes halogenated alkanes) is 5. The van der Waals surface area contributed by atoms with Gasteiger partial charge < -0.3 is 14.2 Å². The summed E-state index contributed by atoms with van der Waals surface area (Å²) in [6, 6.07) is 0. The van der Waals surface area contributed by atoms with E-state index in [1.807, 2.05) is 0 Å². The zero-order valence-electron chi connectivity index (χ0n) is 18.7. The SMILES string of the molecule is CCC1CCC1C/C=C\C/C=C\CCCCCCCC(=O)OCC1COP(=O)(O)C1. The molecular weight excluding hydrogens is 399 g/mol. The summed E-state index contributed by atoms with van der Waals surface area (Å²) >= 11 is 0. The maximum absolute atomic E-state index is 11.7. The van der Waals surface area contributed by atoms with Crippen molar-refractivity contribution in [1.82, 2.24) is 0 Å². The van der Waals surface area contributed by atoms with Gasteiger partial charge in [-0.3, -0.25) is 9.36 Å². The Bertz CT molecular complexity index is 598. The van der Waals surface area contributed by atoms with Gasteiger partial charge in [-0.2, -0.15) is 0 Å². The average molecular weight is 441 g/mol. The molecule has 4 unspecified atom stereocenters. The van der Waals surface area contributed by atoms with Crippen molar-refractivity contribution < 1.29 is 23.5 Å². The molecule has 0 spiro atoms. The van der Waals surface area contributed by atoms with Crippen LogP contribution in [0.2, 0.25) is 0 Å². The minimum atomic E-state index is -3.41. The summed E-state index contributed by atoms with van der Waals surface area (Å²) < 4.78 is 21.3. The smallest absolute Gasteiger partial charge is 0.328 e. The lowest BCUT2D eigenvalue weighted by atomic mass is 9.70. The van der Waals surface area contributed by atoms with Crippen LogP contribution in [-0.4, -0.2) is 30.2 Å². The Hall–Kier alpha value is -0.900. The molecule has 1 aliphatic heterocycles. The van der Waals surface area contributed by atoms with Crippen molar-refractivity contribution in [3.63, 3.8) is 0 Å². The first kappa shape index (κ1) is 25.4. The van der Waals surface area contributed by atoms with Gasteiger partial charge in [-0.1, -0.05) is 56.9 Å². The highest BCUT2D eigenvalue weighted by atomic mass is 31.2. The first-order valence-electron chi connectivity index (χ1n) is 11.9. The molecule has 2 aliphatic rings. The van der Waals surface area contributed by atoms with Crippen LogP contribution in [0.1, 0.15) is 84.0 Å². The fourth-order valence-electron chi connectivity index (χ4n) is 4.24. The number of hydrogen-bond acceptors (Lipinski definition) is 4. The Labute approximate surface area is 182 Å². The molecule has 0 bridgehead atoms. The molecule has 1 aliphatic carbocycles. The number of ether oxygens (including phenoxy) is 1. The fourth-order valence-corrected chi connectivity index (χ4v) is 5.66. The molecule has 0 aromatic carbocycles. The average Bonchev–Trinajstić information content (AvgIpc) is 3.05. The third kappa shape index (κ3) is 10.4. The van der Waals surface area contributed by atoms with Crippen LogP contribution in [0.3, 0.4) is 0 Å². The normalized spacial score (nSPS) is 28.9. The van der Waals surface area contributed by atoms with Gasteiger partial charge in [-0.25, -0.2) is 0 Å². The van der Waals surface area contributed by atoms with E-state index in [9.17, 15) is 14.3 Å². The molecule has 0 aromatic heterocycles. The maximum atomic E-state index is 11.7. The number of carbonyl (C=O) groups is 1. The van der Waals surface area contributed by atoms with Crippen LogP contribution < -0.4 is 0 Å². The van der Waals surface area contributed by atoms with Crippen LogP contribution in [0.25, 0.3) is 0 Å². The summed E-state index contributed by atoms with van der Waals surface area (Å²) in [6.45, 7) is 2.70. The minimum absolute atomic E-state index is 0.0882. The second kappa shape index (κ2) is 14.2. The van der Waals surface area contributed by atoms with E-state index >= 15 is 0 Å². The second-order valence-corrected chi connectivity index (χ2v) is 10.8. The van der Waals surface area contributed by atoms with E-state index < -0.39 is 7.60 Å². The van der Waals surface area contributed by atoms with Crippen molar-refractivity contribution in [3.05, 3.63) is 24.3 Å². The van der Waals surface area contributed by atoms with Crippen molar-refractivity contribution in [2.75, 3.05) is 19.4 Å². The molecule has 5 nitrogen and oxygen atoms in total. The lowest BCUT2D eigenvalue weighted by Gasteiger charge is -2.35. The molecule has 4 atom stereocenters. The van der Waals surface area contributed by atoms with Crippen LogP contribution in [0.5, 0.6) is 0 Å². The molecule has 1 saturated heterocycles. The summed E-state index contributed by atoms with van der Waals surface area (Å²) in [6.07, 6.45) is 22.8. The molecule has 1 heterocycles. The molecular formula is C24H41O5P. The molecule has 2 rings (SSSR count). The van der Waals surface area contributed by atoms with Crippen molar-refractivity contribution in [1.29, 1.82) is 0 Å². The number of esters is 1. The molecule has 1 saturated carbocycles. The summed E-state index contributed by atoms with van der Waals surface area (Å²) in [7, 11) is -3.41. The quantitative estimate of drug-likeness (QED) is 0.138. The van der Waals surface area contributed by atoms with Gasteiger partial charge >= 0.3 is 13.6 Å². The van der Waals surface area contributed by atoms with Gasteiger partial charge in [0.2, 0.25) is 0 Å². The highest BCUT2D eigenvalue weighted by Crippen LogP contribution is 2.49. The zero-order chi connectivity index (χ0) is 21.7. The van der Waals surface area contributed by atoms with Gasteiger partial charge in [0.1, 0.15) is 0 Å². The van der Waals surface area contributed by atoms with Crippen molar-refractivity contribution >= 4 is 13.6 Å². The van der Waals surface area contributed by atoms with Crippen LogP contribution in [0.4, 0.5) is 0 Å². The lowest BCUT2D eigenvalue weighted by molar-refractivity contribution is -0.145. The van der Waals surface area contributed by atoms with Crippen molar-refractivity contribution in [2.24, 2.45) is 17.8 Å². The Balaban J connectivity index is 1.34. The standard InChI is InChI=1S/C24H41O5P/c1-2-22-16-17-23(22)14-12-10-8-6-4-3-5-7-9-11-13-15-24(25)28-18-21-19-29-30(26,27)20-21/h4,6,10,12,21-23H,2-3,5,7-9,11,13-20H2,1H3,(H,26,27)/b6-4-,12-10-. The minimum Gasteiger partial charge on any atom is -0.465 e. The molecule has 30 heavy (non-hydrogen) atoms. The highest BCUT2D eigenvalue weighted by molar-refractivity contribution is 7.53. The van der Waals surface area contributed by atoms with Crippen LogP contribution in [0.15, 0.2) is 24.3 Å². The first-order chi connectivity index (χ1) is 14.5. The molecule has 1 N–H and O–H groups in total. The van der Waals surface area contributed by atoms with E-state index in [4.69, 9.17) is 9.26 Å². The predicted octanol–water partition coefficient (Wildman–Crippen LogP) is 6.42. The second-order valence-electron chi connectivity index (χ2n) is 8.89. The van der Waals surface area contributed by atoms with Gasteiger partial charge in [0.15, 0.2) is 0 Å². The highest BCUT2D eigenvalue weighted by Gasteiger charge is 2.34. The number of rotatable bonds is 15. The summed E-state index contributed by atoms with van der Waals surface area (Å²) in [5, 5.41) is 0. The van der Waals surface area contributed by atoms with Gasteiger partial charge in [0.05, 0.1) is 19.4 Å². The van der Waals surface area contributed by atoms with Gasteiger partial charge in [0.25, 0.3) is 0 Å². The lowest BCUT2D eigenvalue weighted by Crippen LogP contribution is -2.24. The first-order valence-corrected chi connectivity index (χ1v) is 13.7. The number of carbonyl (C=O) groups excluding carboxylic acids is 1. The summed E-state index contributed by atoms with van der Waals surface area (Å²) in [5.74, 6) is 1.56. The largest absolute Gasteiger partial charge is 0.465 e. The van der Waals surface area contributed by atoms with E-state index in [1.54, 1.807) is 0 Å². The van der Waals surface area contributed by atoms with E-state index in [0.717, 1.165) is 43.9 Å². The summed E-state index contributed by atoms with van der Waals surface area (Å²) in [4.78, 5) is 21.0. The third-order valence-electron chi connectivity index (χ3n) is 6.38. The molecule has 2 fully saturated rings. The third-order valence-corrected chi connectivity index (χ3v) is 7.91. The topological polar surface area (TPSA) is 72.8 Å². The fraction of sp³-hybridized carbons (Fsp3) is 0.792. The van der Waals surface area contributed by atoms with Gasteiger partial charge in [-0.15, -0.1) is 0 Å². The molecule has 172 valence electrons. The molecule has 0 aromatic rings. The van der Waals surface area contributed by atoms with Crippen LogP contribution in [-0.2, 0) is 18.6 Å². The van der Waals surface area contributed by atoms with Crippen LogP contribution in [0, 0.1) is 17.8 Å². The van der Waals surface area contributed by atoms with Gasteiger partial charge in [-0.05, 0) is 56.8 Å². The molecule has 0 radical (unpaired) electrons. The molecule has 0 amide bonds. The maximum Gasteiger partial charge on any atom is 0.328 e. The zero-order valence-corrected chi connectivity index (χ0v) is 19.6. The van der Waals surface area contributed by atoms with E-state index in [0.29, 0.717) is 6.42 Å². The van der Waals surface area contributed by atoms with Gasteiger partial charge in [0, 0.05) is 12.3 Å². The Morgan fingerprint density at radius 2 is 1.80 bits per heavy atom. The number of allylic oxidation sites excluding steroid dienone is 4. The Kier molecular flexibility index (Phi) is 12.0. The van der Waals surface area contributed by atoms with E-state index in [2.05, 4.69) is 31.2 Å². The Morgan fingerprint density at radius 1 is 1.07 bits per heavy atom. The van der Waals surface area contributed by atoms with Crippen LogP contribution >= 0.6 is 7.60 Å². The Morgan fingerprint density at radius 3 is 2.50 bits per heavy atom.